The molecule has 30 rings (SSSR count). The molecule has 0 aromatic carbocycles. The van der Waals surface area contributed by atoms with Gasteiger partial charge in [-0.05, 0) is 413 Å². The second kappa shape index (κ2) is 17.8. The van der Waals surface area contributed by atoms with Crippen LogP contribution in [0.2, 0.25) is 0 Å². The summed E-state index contributed by atoms with van der Waals surface area (Å²) >= 11 is 0. The Kier molecular flexibility index (Phi) is 11.3. The predicted molar refractivity (Wildman–Crippen MR) is 294 cm³/mol. The molecule has 0 heterocycles. The lowest BCUT2D eigenvalue weighted by Crippen LogP contribution is -2.38. The van der Waals surface area contributed by atoms with Crippen molar-refractivity contribution in [3.05, 3.63) is 0 Å². The SMILES string of the molecule is C1C2CC3C1C3C2.C1C2CC3CC1CC(C2)C3.C1C2CC3CC1CC3C2.C1CC2C3C(C1)C23.C1CC2C3C1C23.C1CC2C3CCC(C3)C2C1.C1CC2CC1C1C3CCC(C3)C21.C1CCC2C3CCC2C(C1)C3. The molecule has 12 atom stereocenters. The van der Waals surface area contributed by atoms with Crippen LogP contribution in [-0.4, -0.2) is 0 Å². The minimum absolute atomic E-state index is 1.18. The Morgan fingerprint density at radius 2 is 0.389 bits per heavy atom. The van der Waals surface area contributed by atoms with E-state index < -0.39 is 0 Å². The van der Waals surface area contributed by atoms with E-state index in [4.69, 9.17) is 0 Å². The first-order valence-corrected chi connectivity index (χ1v) is 35.6. The summed E-state index contributed by atoms with van der Waals surface area (Å²) in [6.45, 7) is 0. The number of rotatable bonds is 0. The van der Waals surface area contributed by atoms with E-state index in [0.717, 1.165) is 0 Å². The summed E-state index contributed by atoms with van der Waals surface area (Å²) in [6, 6.07) is 0. The van der Waals surface area contributed by atoms with Crippen LogP contribution in [0.1, 0.15) is 244 Å². The van der Waals surface area contributed by atoms with Crippen molar-refractivity contribution < 1.29 is 0 Å². The van der Waals surface area contributed by atoms with Crippen LogP contribution in [0.15, 0.2) is 0 Å². The van der Waals surface area contributed by atoms with Gasteiger partial charge in [-0.25, -0.2) is 0 Å². The highest BCUT2D eigenvalue weighted by Gasteiger charge is 2.76. The molecule has 30 aliphatic rings. The number of hydrogen-bond donors (Lipinski definition) is 0. The maximum Gasteiger partial charge on any atom is -0.0318 e. The van der Waals surface area contributed by atoms with Gasteiger partial charge in [0, 0.05) is 0 Å². The van der Waals surface area contributed by atoms with Gasteiger partial charge in [-0.15, -0.1) is 0 Å². The van der Waals surface area contributed by atoms with Crippen LogP contribution in [0.5, 0.6) is 0 Å². The Morgan fingerprint density at radius 1 is 0.125 bits per heavy atom. The van der Waals surface area contributed by atoms with Crippen molar-refractivity contribution in [1.29, 1.82) is 0 Å². The van der Waals surface area contributed by atoms with E-state index >= 15 is 0 Å². The minimum Gasteiger partial charge on any atom is -0.0530 e. The quantitative estimate of drug-likeness (QED) is 0.212. The van der Waals surface area contributed by atoms with Crippen molar-refractivity contribution in [3.8, 4) is 0 Å². The summed E-state index contributed by atoms with van der Waals surface area (Å²) < 4.78 is 0. The Morgan fingerprint density at radius 3 is 0.736 bits per heavy atom. The van der Waals surface area contributed by atoms with Crippen LogP contribution < -0.4 is 0 Å². The molecular weight excluding hydrogens is 865 g/mol. The summed E-state index contributed by atoms with van der Waals surface area (Å²) in [5.41, 5.74) is 0. The normalized spacial score (nSPS) is 63.7. The monoisotopic (exact) mass is 975 g/mol. The molecule has 0 spiro atoms. The molecule has 0 nitrogen and oxygen atoms in total. The maximum absolute atomic E-state index is 1.64. The molecule has 30 aliphatic carbocycles. The fourth-order valence-corrected chi connectivity index (χ4v) is 29.7. The summed E-state index contributed by atoms with van der Waals surface area (Å²) in [7, 11) is 0. The third-order valence-corrected chi connectivity index (χ3v) is 32.0. The molecule has 0 aromatic heterocycles. The van der Waals surface area contributed by atoms with E-state index in [0.29, 0.717) is 0 Å². The average Bonchev–Trinajstić information content (AvgIpc) is 4.05. The van der Waals surface area contributed by atoms with Gasteiger partial charge in [-0.1, -0.05) is 32.1 Å². The van der Waals surface area contributed by atoms with Gasteiger partial charge in [0.25, 0.3) is 0 Å². The highest BCUT2D eigenvalue weighted by atomic mass is 14.8. The molecule has 30 fully saturated rings. The van der Waals surface area contributed by atoms with Gasteiger partial charge >= 0.3 is 0 Å². The Bertz CT molecular complexity index is 1750. The third-order valence-electron chi connectivity index (χ3n) is 32.0. The zero-order chi connectivity index (χ0) is 46.5. The standard InChI is InChI=1S/C12H18.C11H18.2C10H16.C9H14.2C7H10.C6H8/c1-2-8-5-7(1)11-9-3-4-10(6-9)12(8)11;1-2-4-10-9-5-6-11(10)8(3-1)7-9;1-7-2-9-4-8(1)5-10(3-7)6-9;1-2-9-7-4-5-8(6-7)10(9)3-1;1-6-2-8-4-7(1)5-9(8)3-6;1-4-2-6-5(1)7(6)3-4;1-2-4-6-5(3-1)7(4)6;1-2-4-5-3(1)6(4)5/h7-12H,1-6H2;8-11H,1-7H2;2*7-10H,1-6H2;6-9H,1-5H2;2*4-7H,1-3H2;3-6H,1-2H2. The summed E-state index contributed by atoms with van der Waals surface area (Å²) in [5, 5.41) is 0. The van der Waals surface area contributed by atoms with Gasteiger partial charge in [-0.3, -0.25) is 0 Å². The lowest BCUT2D eigenvalue weighted by molar-refractivity contribution is 0.0198. The lowest BCUT2D eigenvalue weighted by Gasteiger charge is -2.49. The van der Waals surface area contributed by atoms with Crippen LogP contribution in [0.4, 0.5) is 0 Å². The molecular formula is C72H110. The van der Waals surface area contributed by atoms with Gasteiger partial charge in [0.2, 0.25) is 0 Å². The Hall–Kier alpha value is 0. The molecule has 26 bridgehead atoms. The van der Waals surface area contributed by atoms with Crippen molar-refractivity contribution in [1.82, 2.24) is 0 Å². The minimum atomic E-state index is 1.18. The van der Waals surface area contributed by atoms with Crippen LogP contribution >= 0.6 is 0 Å². The van der Waals surface area contributed by atoms with Crippen molar-refractivity contribution >= 4 is 0 Å². The van der Waals surface area contributed by atoms with Crippen molar-refractivity contribution in [2.45, 2.75) is 244 Å². The molecule has 12 unspecified atom stereocenters. The first kappa shape index (κ1) is 45.8. The van der Waals surface area contributed by atoms with Gasteiger partial charge < -0.3 is 0 Å². The van der Waals surface area contributed by atoms with Crippen LogP contribution in [-0.2, 0) is 0 Å². The highest BCUT2D eigenvalue weighted by Crippen LogP contribution is 2.82. The van der Waals surface area contributed by atoms with Gasteiger partial charge in [0.15, 0.2) is 0 Å². The average molecular weight is 976 g/mol. The van der Waals surface area contributed by atoms with Gasteiger partial charge in [-0.2, -0.15) is 0 Å². The molecule has 0 aliphatic heterocycles. The predicted octanol–water partition coefficient (Wildman–Crippen LogP) is 19.0. The molecule has 0 saturated heterocycles. The van der Waals surface area contributed by atoms with Crippen LogP contribution in [0.3, 0.4) is 0 Å². The molecule has 30 saturated carbocycles. The van der Waals surface area contributed by atoms with Crippen molar-refractivity contribution in [2.24, 2.45) is 201 Å². The van der Waals surface area contributed by atoms with E-state index in [1.807, 2.05) is 0 Å². The molecule has 72 heavy (non-hydrogen) atoms. The Labute approximate surface area is 443 Å². The zero-order valence-corrected chi connectivity index (χ0v) is 46.5. The summed E-state index contributed by atoms with van der Waals surface area (Å²) in [4.78, 5) is 0. The van der Waals surface area contributed by atoms with E-state index in [9.17, 15) is 0 Å². The summed E-state index contributed by atoms with van der Waals surface area (Å²) in [5.74, 6) is 41.5. The molecule has 0 heteroatoms. The zero-order valence-electron chi connectivity index (χ0n) is 46.5. The van der Waals surface area contributed by atoms with E-state index in [1.165, 1.54) is 201 Å². The Balaban J connectivity index is 0.0000000667. The molecule has 0 N–H and O–H groups in total. The first-order chi connectivity index (χ1) is 35.6. The van der Waals surface area contributed by atoms with Gasteiger partial charge in [0.1, 0.15) is 0 Å². The fourth-order valence-electron chi connectivity index (χ4n) is 29.7. The van der Waals surface area contributed by atoms with Crippen LogP contribution in [0.25, 0.3) is 0 Å². The van der Waals surface area contributed by atoms with Crippen LogP contribution in [0, 0.1) is 201 Å². The van der Waals surface area contributed by atoms with E-state index in [1.54, 1.807) is 244 Å². The first-order valence-electron chi connectivity index (χ1n) is 35.6. The number of fused-ring (bicyclic) bond motifs is 17. The van der Waals surface area contributed by atoms with E-state index in [2.05, 4.69) is 0 Å². The fraction of sp³-hybridized carbons (Fsp3) is 1.00. The number of hydrogen-bond acceptors (Lipinski definition) is 0. The lowest BCUT2D eigenvalue weighted by atomic mass is 9.56. The second-order valence-electron chi connectivity index (χ2n) is 34.7. The van der Waals surface area contributed by atoms with E-state index in [-0.39, 0.29) is 0 Å². The third kappa shape index (κ3) is 7.85. The molecule has 0 amide bonds. The molecule has 0 radical (unpaired) electrons. The maximum atomic E-state index is 1.64. The highest BCUT2D eigenvalue weighted by molar-refractivity contribution is 5.24. The topological polar surface area (TPSA) is 0 Å². The largest absolute Gasteiger partial charge is 0.0530 e. The smallest absolute Gasteiger partial charge is 0.0318 e. The second-order valence-corrected chi connectivity index (χ2v) is 34.7. The van der Waals surface area contributed by atoms with Crippen molar-refractivity contribution in [2.75, 3.05) is 0 Å². The molecule has 0 aromatic rings. The van der Waals surface area contributed by atoms with Gasteiger partial charge in [0.05, 0.1) is 0 Å². The van der Waals surface area contributed by atoms with Crippen molar-refractivity contribution in [3.63, 3.8) is 0 Å². The molecule has 398 valence electrons. The summed E-state index contributed by atoms with van der Waals surface area (Å²) in [6.07, 6.45) is 60.8.